The van der Waals surface area contributed by atoms with Crippen molar-refractivity contribution in [1.29, 1.82) is 5.26 Å². The Bertz CT molecular complexity index is 737. The summed E-state index contributed by atoms with van der Waals surface area (Å²) in [6, 6.07) is 11.3. The van der Waals surface area contributed by atoms with E-state index >= 15 is 0 Å². The number of carbonyl (C=O) groups is 1. The molecule has 2 aromatic rings. The minimum atomic E-state index is -1.06. The lowest BCUT2D eigenvalue weighted by atomic mass is 10.2. The highest BCUT2D eigenvalue weighted by Crippen LogP contribution is 2.34. The normalized spacial score (nSPS) is 9.76. The molecule has 0 aliphatic rings. The number of halogens is 1. The molecule has 6 heteroatoms. The van der Waals surface area contributed by atoms with Crippen molar-refractivity contribution < 1.29 is 19.4 Å². The van der Waals surface area contributed by atoms with Gasteiger partial charge in [0, 0.05) is 4.47 Å². The first-order valence-corrected chi connectivity index (χ1v) is 6.63. The Morgan fingerprint density at radius 2 is 1.95 bits per heavy atom. The first-order valence-electron chi connectivity index (χ1n) is 5.84. The van der Waals surface area contributed by atoms with Gasteiger partial charge in [0.15, 0.2) is 11.5 Å². The summed E-state index contributed by atoms with van der Waals surface area (Å²) in [5, 5.41) is 18.0. The minimum Gasteiger partial charge on any atom is -0.493 e. The van der Waals surface area contributed by atoms with E-state index in [9.17, 15) is 4.79 Å². The minimum absolute atomic E-state index is 0.0916. The van der Waals surface area contributed by atoms with Gasteiger partial charge in [-0.25, -0.2) is 4.79 Å². The number of carboxylic acids is 1. The topological polar surface area (TPSA) is 79.6 Å². The second kappa shape index (κ2) is 6.29. The maximum absolute atomic E-state index is 10.9. The van der Waals surface area contributed by atoms with Gasteiger partial charge >= 0.3 is 5.97 Å². The molecular weight excluding hydrogens is 338 g/mol. The van der Waals surface area contributed by atoms with Gasteiger partial charge in [0.25, 0.3) is 0 Å². The largest absolute Gasteiger partial charge is 0.493 e. The van der Waals surface area contributed by atoms with E-state index in [-0.39, 0.29) is 11.3 Å². The maximum atomic E-state index is 10.9. The summed E-state index contributed by atoms with van der Waals surface area (Å²) in [5.74, 6) is -0.0934. The number of nitrogens with zero attached hydrogens (tertiary/aromatic N) is 1. The standard InChI is InChI=1S/C15H10BrNO4/c1-20-14-6-9(15(18)19)3-5-12(14)21-13-7-11(16)4-2-10(13)8-17/h2-7H,1H3,(H,18,19). The summed E-state index contributed by atoms with van der Waals surface area (Å²) in [6.45, 7) is 0. The zero-order chi connectivity index (χ0) is 15.4. The van der Waals surface area contributed by atoms with Crippen molar-refractivity contribution in [3.05, 3.63) is 52.0 Å². The fourth-order valence-corrected chi connectivity index (χ4v) is 2.02. The summed E-state index contributed by atoms with van der Waals surface area (Å²) in [4.78, 5) is 10.9. The van der Waals surface area contributed by atoms with Gasteiger partial charge < -0.3 is 14.6 Å². The van der Waals surface area contributed by atoms with Crippen LogP contribution in [0, 0.1) is 11.3 Å². The summed E-state index contributed by atoms with van der Waals surface area (Å²) >= 11 is 3.31. The van der Waals surface area contributed by atoms with Crippen LogP contribution in [-0.4, -0.2) is 18.2 Å². The van der Waals surface area contributed by atoms with Crippen molar-refractivity contribution in [2.75, 3.05) is 7.11 Å². The predicted molar refractivity (Wildman–Crippen MR) is 78.9 cm³/mol. The van der Waals surface area contributed by atoms with E-state index in [1.807, 2.05) is 6.07 Å². The third-order valence-electron chi connectivity index (χ3n) is 2.69. The third kappa shape index (κ3) is 3.33. The monoisotopic (exact) mass is 347 g/mol. The molecule has 2 rings (SSSR count). The zero-order valence-corrected chi connectivity index (χ0v) is 12.5. The zero-order valence-electron chi connectivity index (χ0n) is 11.0. The summed E-state index contributed by atoms with van der Waals surface area (Å²) in [6.07, 6.45) is 0. The van der Waals surface area contributed by atoms with Crippen LogP contribution in [0.1, 0.15) is 15.9 Å². The average Bonchev–Trinajstić information content (AvgIpc) is 2.47. The van der Waals surface area contributed by atoms with Gasteiger partial charge in [0.05, 0.1) is 18.2 Å². The van der Waals surface area contributed by atoms with Crippen LogP contribution in [0.15, 0.2) is 40.9 Å². The molecule has 0 radical (unpaired) electrons. The molecule has 21 heavy (non-hydrogen) atoms. The molecular formula is C15H10BrNO4. The first-order chi connectivity index (χ1) is 10.0. The molecule has 0 atom stereocenters. The third-order valence-corrected chi connectivity index (χ3v) is 3.19. The fourth-order valence-electron chi connectivity index (χ4n) is 1.68. The SMILES string of the molecule is COc1cc(C(=O)O)ccc1Oc1cc(Br)ccc1C#N. The summed E-state index contributed by atoms with van der Waals surface area (Å²) in [7, 11) is 1.42. The molecule has 0 unspecified atom stereocenters. The van der Waals surface area contributed by atoms with E-state index in [1.54, 1.807) is 18.2 Å². The molecule has 0 spiro atoms. The number of carboxylic acid groups (broad SMARTS) is 1. The van der Waals surface area contributed by atoms with Gasteiger partial charge in [0.2, 0.25) is 0 Å². The van der Waals surface area contributed by atoms with Gasteiger partial charge in [-0.1, -0.05) is 15.9 Å². The Kier molecular flexibility index (Phi) is 4.45. The Morgan fingerprint density at radius 3 is 2.57 bits per heavy atom. The number of hydrogen-bond donors (Lipinski definition) is 1. The number of rotatable bonds is 4. The number of methoxy groups -OCH3 is 1. The quantitative estimate of drug-likeness (QED) is 0.909. The van der Waals surface area contributed by atoms with Crippen LogP contribution in [0.25, 0.3) is 0 Å². The van der Waals surface area contributed by atoms with Gasteiger partial charge in [0.1, 0.15) is 11.8 Å². The van der Waals surface area contributed by atoms with Crippen molar-refractivity contribution in [2.24, 2.45) is 0 Å². The Balaban J connectivity index is 2.42. The molecule has 0 fully saturated rings. The molecule has 0 bridgehead atoms. The number of hydrogen-bond acceptors (Lipinski definition) is 4. The first kappa shape index (κ1) is 14.9. The lowest BCUT2D eigenvalue weighted by molar-refractivity contribution is 0.0696. The lowest BCUT2D eigenvalue weighted by Crippen LogP contribution is -1.98. The Labute approximate surface area is 129 Å². The van der Waals surface area contributed by atoms with Crippen molar-refractivity contribution in [1.82, 2.24) is 0 Å². The summed E-state index contributed by atoms with van der Waals surface area (Å²) < 4.78 is 11.6. The van der Waals surface area contributed by atoms with Crippen molar-refractivity contribution >= 4 is 21.9 Å². The molecule has 0 heterocycles. The second-order valence-electron chi connectivity index (χ2n) is 4.03. The molecule has 5 nitrogen and oxygen atoms in total. The molecule has 0 amide bonds. The Hall–Kier alpha value is -2.52. The highest BCUT2D eigenvalue weighted by atomic mass is 79.9. The highest BCUT2D eigenvalue weighted by Gasteiger charge is 2.13. The fraction of sp³-hybridized carbons (Fsp3) is 0.0667. The number of nitriles is 1. The van der Waals surface area contributed by atoms with E-state index in [1.165, 1.54) is 25.3 Å². The molecule has 0 aliphatic heterocycles. The molecule has 0 aromatic heterocycles. The number of aromatic carboxylic acids is 1. The average molecular weight is 348 g/mol. The molecule has 0 saturated carbocycles. The number of ether oxygens (including phenoxy) is 2. The maximum Gasteiger partial charge on any atom is 0.335 e. The van der Waals surface area contributed by atoms with Gasteiger partial charge in [-0.15, -0.1) is 0 Å². The van der Waals surface area contributed by atoms with Crippen molar-refractivity contribution in [3.8, 4) is 23.3 Å². The van der Waals surface area contributed by atoms with Gasteiger partial charge in [-0.05, 0) is 36.4 Å². The van der Waals surface area contributed by atoms with E-state index in [2.05, 4.69) is 15.9 Å². The van der Waals surface area contributed by atoms with E-state index in [0.29, 0.717) is 17.1 Å². The van der Waals surface area contributed by atoms with E-state index < -0.39 is 5.97 Å². The lowest BCUT2D eigenvalue weighted by Gasteiger charge is -2.12. The van der Waals surface area contributed by atoms with Crippen molar-refractivity contribution in [2.45, 2.75) is 0 Å². The smallest absolute Gasteiger partial charge is 0.335 e. The van der Waals surface area contributed by atoms with Crippen LogP contribution in [0.2, 0.25) is 0 Å². The molecule has 2 aromatic carbocycles. The molecule has 106 valence electrons. The van der Waals surface area contributed by atoms with Gasteiger partial charge in [-0.2, -0.15) is 5.26 Å². The van der Waals surface area contributed by atoms with Crippen LogP contribution in [-0.2, 0) is 0 Å². The van der Waals surface area contributed by atoms with Crippen LogP contribution in [0.3, 0.4) is 0 Å². The van der Waals surface area contributed by atoms with Gasteiger partial charge in [-0.3, -0.25) is 0 Å². The molecule has 0 saturated heterocycles. The predicted octanol–water partition coefficient (Wildman–Crippen LogP) is 3.82. The molecule has 0 aliphatic carbocycles. The van der Waals surface area contributed by atoms with Crippen molar-refractivity contribution in [3.63, 3.8) is 0 Å². The summed E-state index contributed by atoms with van der Waals surface area (Å²) in [5.41, 5.74) is 0.455. The van der Waals surface area contributed by atoms with Crippen LogP contribution in [0.4, 0.5) is 0 Å². The number of benzene rings is 2. The van der Waals surface area contributed by atoms with E-state index in [0.717, 1.165) is 4.47 Å². The Morgan fingerprint density at radius 1 is 1.19 bits per heavy atom. The van der Waals surface area contributed by atoms with Crippen LogP contribution >= 0.6 is 15.9 Å². The van der Waals surface area contributed by atoms with E-state index in [4.69, 9.17) is 19.8 Å². The second-order valence-corrected chi connectivity index (χ2v) is 4.94. The van der Waals surface area contributed by atoms with Crippen LogP contribution < -0.4 is 9.47 Å². The highest BCUT2D eigenvalue weighted by molar-refractivity contribution is 9.10. The van der Waals surface area contributed by atoms with Crippen LogP contribution in [0.5, 0.6) is 17.2 Å². The molecule has 1 N–H and O–H groups in total.